The number of nitrogens with zero attached hydrogens (tertiary/aromatic N) is 1. The number of nitrogens with one attached hydrogen (secondary N) is 2. The van der Waals surface area contributed by atoms with Crippen LogP contribution in [-0.4, -0.2) is 38.2 Å². The highest BCUT2D eigenvalue weighted by molar-refractivity contribution is 6.31. The van der Waals surface area contributed by atoms with Crippen LogP contribution in [0.5, 0.6) is 17.2 Å². The van der Waals surface area contributed by atoms with Gasteiger partial charge in [-0.2, -0.15) is 5.10 Å². The second-order valence-corrected chi connectivity index (χ2v) is 8.29. The largest absolute Gasteiger partial charge is 0.496 e. The Bertz CT molecular complexity index is 1530. The fourth-order valence-corrected chi connectivity index (χ4v) is 3.59. The predicted octanol–water partition coefficient (Wildman–Crippen LogP) is 5.19. The van der Waals surface area contributed by atoms with Gasteiger partial charge in [0, 0.05) is 16.3 Å². The number of amides is 2. The number of carbonyl (C=O) groups is 3. The molecule has 0 aliphatic carbocycles. The van der Waals surface area contributed by atoms with Crippen LogP contribution in [0.25, 0.3) is 0 Å². The number of esters is 1. The lowest BCUT2D eigenvalue weighted by Crippen LogP contribution is -2.18. The molecule has 2 N–H and O–H groups in total. The van der Waals surface area contributed by atoms with Crippen molar-refractivity contribution < 1.29 is 33.0 Å². The number of hydrogen-bond acceptors (Lipinski definition) is 8. The van der Waals surface area contributed by atoms with Crippen LogP contribution in [0.15, 0.2) is 88.6 Å². The molecule has 198 valence electrons. The lowest BCUT2D eigenvalue weighted by molar-refractivity contribution is 0.0696. The first-order valence-corrected chi connectivity index (χ1v) is 11.8. The molecular weight excluding hydrogens is 526 g/mol. The van der Waals surface area contributed by atoms with Crippen LogP contribution in [0.2, 0.25) is 5.02 Å². The summed E-state index contributed by atoms with van der Waals surface area (Å²) >= 11 is 6.01. The monoisotopic (exact) mass is 547 g/mol. The van der Waals surface area contributed by atoms with Crippen molar-refractivity contribution in [2.24, 2.45) is 5.10 Å². The Labute approximate surface area is 228 Å². The van der Waals surface area contributed by atoms with Gasteiger partial charge < -0.3 is 23.9 Å². The number of hydrogen-bond donors (Lipinski definition) is 2. The van der Waals surface area contributed by atoms with E-state index in [9.17, 15) is 14.4 Å². The highest BCUT2D eigenvalue weighted by Gasteiger charge is 2.16. The van der Waals surface area contributed by atoms with Crippen molar-refractivity contribution in [3.8, 4) is 17.2 Å². The first-order valence-electron chi connectivity index (χ1n) is 11.4. The minimum absolute atomic E-state index is 0.0539. The Balaban J connectivity index is 1.39. The Morgan fingerprint density at radius 3 is 2.41 bits per heavy atom. The maximum atomic E-state index is 12.7. The van der Waals surface area contributed by atoms with Gasteiger partial charge in [-0.3, -0.25) is 9.59 Å². The number of anilines is 1. The summed E-state index contributed by atoms with van der Waals surface area (Å²) in [6, 6.07) is 18.8. The summed E-state index contributed by atoms with van der Waals surface area (Å²) in [5.74, 6) is -0.731. The molecule has 0 aliphatic heterocycles. The number of hydrazone groups is 1. The summed E-state index contributed by atoms with van der Waals surface area (Å²) in [5.41, 5.74) is 3.91. The molecule has 4 aromatic rings. The topological polar surface area (TPSA) is 128 Å². The minimum Gasteiger partial charge on any atom is -0.496 e. The van der Waals surface area contributed by atoms with E-state index in [1.807, 2.05) is 0 Å². The van der Waals surface area contributed by atoms with Gasteiger partial charge in [-0.05, 0) is 72.3 Å². The van der Waals surface area contributed by atoms with E-state index in [0.29, 0.717) is 22.0 Å². The van der Waals surface area contributed by atoms with E-state index < -0.39 is 17.8 Å². The SMILES string of the molecule is COc1cc(C=NNC(=O)c2cccc(NC(=O)c3cc(Cl)ccc3OC)c2)ccc1OC(=O)c1ccco1. The zero-order valence-electron chi connectivity index (χ0n) is 20.8. The molecule has 11 heteroatoms. The molecule has 1 heterocycles. The number of halogens is 1. The maximum absolute atomic E-state index is 12.7. The van der Waals surface area contributed by atoms with E-state index in [1.54, 1.807) is 48.5 Å². The zero-order valence-corrected chi connectivity index (χ0v) is 21.5. The van der Waals surface area contributed by atoms with E-state index >= 15 is 0 Å². The molecule has 0 unspecified atom stereocenters. The van der Waals surface area contributed by atoms with E-state index in [4.69, 9.17) is 30.2 Å². The van der Waals surface area contributed by atoms with Gasteiger partial charge in [-0.15, -0.1) is 0 Å². The normalized spacial score (nSPS) is 10.6. The van der Waals surface area contributed by atoms with Gasteiger partial charge in [0.05, 0.1) is 32.3 Å². The Hall–Kier alpha value is -5.09. The fraction of sp³-hybridized carbons (Fsp3) is 0.0714. The number of furan rings is 1. The van der Waals surface area contributed by atoms with Crippen molar-refractivity contribution in [1.82, 2.24) is 5.43 Å². The second kappa shape index (κ2) is 12.4. The Morgan fingerprint density at radius 1 is 0.872 bits per heavy atom. The summed E-state index contributed by atoms with van der Waals surface area (Å²) in [7, 11) is 2.88. The second-order valence-electron chi connectivity index (χ2n) is 7.86. The third-order valence-corrected chi connectivity index (χ3v) is 5.52. The number of ether oxygens (including phenoxy) is 3. The molecule has 0 atom stereocenters. The molecule has 0 bridgehead atoms. The Kier molecular flexibility index (Phi) is 8.60. The highest BCUT2D eigenvalue weighted by atomic mass is 35.5. The number of carbonyl (C=O) groups excluding carboxylic acids is 3. The molecule has 3 aromatic carbocycles. The molecule has 4 rings (SSSR count). The fourth-order valence-electron chi connectivity index (χ4n) is 3.42. The van der Waals surface area contributed by atoms with Gasteiger partial charge in [-0.1, -0.05) is 17.7 Å². The smallest absolute Gasteiger partial charge is 0.379 e. The average Bonchev–Trinajstić information content (AvgIpc) is 3.49. The van der Waals surface area contributed by atoms with Crippen molar-refractivity contribution in [3.05, 3.63) is 107 Å². The van der Waals surface area contributed by atoms with Crippen LogP contribution in [0.1, 0.15) is 36.8 Å². The summed E-state index contributed by atoms with van der Waals surface area (Å²) in [5, 5.41) is 7.08. The summed E-state index contributed by atoms with van der Waals surface area (Å²) in [6.45, 7) is 0. The number of rotatable bonds is 9. The Morgan fingerprint density at radius 2 is 1.67 bits per heavy atom. The van der Waals surface area contributed by atoms with Gasteiger partial charge >= 0.3 is 5.97 Å². The molecule has 2 amide bonds. The van der Waals surface area contributed by atoms with E-state index in [2.05, 4.69) is 15.8 Å². The third kappa shape index (κ3) is 6.82. The molecule has 0 spiro atoms. The van der Waals surface area contributed by atoms with Crippen molar-refractivity contribution in [2.75, 3.05) is 19.5 Å². The first kappa shape index (κ1) is 27.0. The molecule has 0 saturated heterocycles. The van der Waals surface area contributed by atoms with Crippen LogP contribution in [0.4, 0.5) is 5.69 Å². The highest BCUT2D eigenvalue weighted by Crippen LogP contribution is 2.28. The summed E-state index contributed by atoms with van der Waals surface area (Å²) in [4.78, 5) is 37.5. The van der Waals surface area contributed by atoms with Crippen LogP contribution in [0.3, 0.4) is 0 Å². The van der Waals surface area contributed by atoms with Crippen molar-refractivity contribution in [3.63, 3.8) is 0 Å². The van der Waals surface area contributed by atoms with Crippen LogP contribution >= 0.6 is 11.6 Å². The molecule has 0 aliphatic rings. The molecular formula is C28H22ClN3O7. The lowest BCUT2D eigenvalue weighted by atomic mass is 10.1. The van der Waals surface area contributed by atoms with E-state index in [1.165, 1.54) is 51.0 Å². The summed E-state index contributed by atoms with van der Waals surface area (Å²) < 4.78 is 20.9. The molecule has 0 fully saturated rings. The lowest BCUT2D eigenvalue weighted by Gasteiger charge is -2.10. The van der Waals surface area contributed by atoms with Gasteiger partial charge in [0.25, 0.3) is 11.8 Å². The predicted molar refractivity (Wildman–Crippen MR) is 144 cm³/mol. The van der Waals surface area contributed by atoms with E-state index in [-0.39, 0.29) is 28.4 Å². The zero-order chi connectivity index (χ0) is 27.8. The van der Waals surface area contributed by atoms with Crippen LogP contribution in [0, 0.1) is 0 Å². The standard InChI is InChI=1S/C28H22ClN3O7/c1-36-22-11-9-19(29)15-21(22)27(34)31-20-6-3-5-18(14-20)26(33)32-30-16-17-8-10-23(25(13-17)37-2)39-28(35)24-7-4-12-38-24/h3-16H,1-2H3,(H,31,34)(H,32,33). The van der Waals surface area contributed by atoms with Gasteiger partial charge in [0.2, 0.25) is 5.76 Å². The molecule has 10 nitrogen and oxygen atoms in total. The van der Waals surface area contributed by atoms with Gasteiger partial charge in [0.15, 0.2) is 11.5 Å². The minimum atomic E-state index is -0.669. The number of methoxy groups -OCH3 is 2. The molecule has 0 saturated carbocycles. The van der Waals surface area contributed by atoms with Crippen molar-refractivity contribution >= 4 is 41.3 Å². The number of benzene rings is 3. The average molecular weight is 548 g/mol. The van der Waals surface area contributed by atoms with E-state index in [0.717, 1.165) is 0 Å². The van der Waals surface area contributed by atoms with Gasteiger partial charge in [-0.25, -0.2) is 10.2 Å². The van der Waals surface area contributed by atoms with Crippen molar-refractivity contribution in [1.29, 1.82) is 0 Å². The maximum Gasteiger partial charge on any atom is 0.379 e. The van der Waals surface area contributed by atoms with Crippen LogP contribution < -0.4 is 25.0 Å². The van der Waals surface area contributed by atoms with Crippen molar-refractivity contribution in [2.45, 2.75) is 0 Å². The third-order valence-electron chi connectivity index (χ3n) is 5.28. The van der Waals surface area contributed by atoms with Crippen LogP contribution in [-0.2, 0) is 0 Å². The first-order chi connectivity index (χ1) is 18.9. The summed E-state index contributed by atoms with van der Waals surface area (Å²) in [6.07, 6.45) is 2.77. The molecule has 39 heavy (non-hydrogen) atoms. The molecule has 0 radical (unpaired) electrons. The van der Waals surface area contributed by atoms with Gasteiger partial charge in [0.1, 0.15) is 5.75 Å². The molecule has 1 aromatic heterocycles. The quantitative estimate of drug-likeness (QED) is 0.128.